The Hall–Kier alpha value is -2.77. The number of methoxy groups -OCH3 is 1. The molecule has 0 aromatic heterocycles. The van der Waals surface area contributed by atoms with Crippen molar-refractivity contribution in [3.05, 3.63) is 24.3 Å². The Balaban J connectivity index is 2.20. The molecule has 0 saturated heterocycles. The summed E-state index contributed by atoms with van der Waals surface area (Å²) in [5, 5.41) is 4.57. The summed E-state index contributed by atoms with van der Waals surface area (Å²) in [7, 11) is 1.54. The van der Waals surface area contributed by atoms with Crippen LogP contribution >= 0.6 is 0 Å². The maximum atomic E-state index is 11.5. The lowest BCUT2D eigenvalue weighted by Gasteiger charge is -2.08. The normalized spacial score (nSPS) is 9.75. The fraction of sp³-hybridized carbons (Fsp3) is 0.438. The van der Waals surface area contributed by atoms with E-state index in [-0.39, 0.29) is 6.61 Å². The molecule has 1 aromatic carbocycles. The molecule has 0 saturated carbocycles. The van der Waals surface area contributed by atoms with Crippen LogP contribution in [0.3, 0.4) is 0 Å². The number of amides is 3. The van der Waals surface area contributed by atoms with Crippen LogP contribution < -0.4 is 20.1 Å². The molecule has 0 aliphatic rings. The van der Waals surface area contributed by atoms with Crippen molar-refractivity contribution in [2.45, 2.75) is 19.8 Å². The highest BCUT2D eigenvalue weighted by molar-refractivity contribution is 5.95. The molecule has 1 rings (SSSR count). The van der Waals surface area contributed by atoms with Gasteiger partial charge in [0.2, 0.25) is 0 Å². The van der Waals surface area contributed by atoms with Crippen LogP contribution in [0.4, 0.5) is 4.79 Å². The van der Waals surface area contributed by atoms with Gasteiger partial charge in [0.15, 0.2) is 13.2 Å². The zero-order chi connectivity index (χ0) is 17.8. The number of hydrogen-bond donors (Lipinski definition) is 2. The lowest BCUT2D eigenvalue weighted by atomic mass is 10.3. The quantitative estimate of drug-likeness (QED) is 0.519. The fourth-order valence-corrected chi connectivity index (χ4v) is 1.59. The van der Waals surface area contributed by atoms with Crippen molar-refractivity contribution in [2.24, 2.45) is 0 Å². The predicted octanol–water partition coefficient (Wildman–Crippen LogP) is 1.24. The molecule has 132 valence electrons. The van der Waals surface area contributed by atoms with Crippen molar-refractivity contribution in [1.82, 2.24) is 10.6 Å². The van der Waals surface area contributed by atoms with Crippen LogP contribution in [0, 0.1) is 0 Å². The number of esters is 1. The monoisotopic (exact) mass is 338 g/mol. The van der Waals surface area contributed by atoms with Gasteiger partial charge in [0.25, 0.3) is 5.91 Å². The summed E-state index contributed by atoms with van der Waals surface area (Å²) in [5.41, 5.74) is 0. The topological polar surface area (TPSA) is 103 Å². The van der Waals surface area contributed by atoms with E-state index in [2.05, 4.69) is 10.6 Å². The molecule has 0 fully saturated rings. The number of hydrogen-bond acceptors (Lipinski definition) is 6. The lowest BCUT2D eigenvalue weighted by molar-refractivity contribution is -0.150. The van der Waals surface area contributed by atoms with Crippen molar-refractivity contribution in [3.63, 3.8) is 0 Å². The van der Waals surface area contributed by atoms with E-state index in [0.29, 0.717) is 18.0 Å². The molecule has 0 bridgehead atoms. The highest BCUT2D eigenvalue weighted by Gasteiger charge is 2.11. The summed E-state index contributed by atoms with van der Waals surface area (Å²) in [6.07, 6.45) is 1.75. The van der Waals surface area contributed by atoms with Crippen molar-refractivity contribution in [1.29, 1.82) is 0 Å². The summed E-state index contributed by atoms with van der Waals surface area (Å²) in [5.74, 6) is -0.291. The van der Waals surface area contributed by atoms with Gasteiger partial charge in [-0.1, -0.05) is 13.3 Å². The van der Waals surface area contributed by atoms with Gasteiger partial charge >= 0.3 is 12.0 Å². The van der Waals surface area contributed by atoms with E-state index < -0.39 is 24.5 Å². The van der Waals surface area contributed by atoms with E-state index in [1.165, 1.54) is 0 Å². The minimum Gasteiger partial charge on any atom is -0.497 e. The molecular formula is C16H22N2O6. The molecule has 0 unspecified atom stereocenters. The number of urea groups is 1. The molecule has 0 heterocycles. The van der Waals surface area contributed by atoms with Crippen LogP contribution in [0.1, 0.15) is 19.8 Å². The number of benzene rings is 1. The second kappa shape index (κ2) is 10.9. The zero-order valence-electron chi connectivity index (χ0n) is 13.8. The van der Waals surface area contributed by atoms with Crippen molar-refractivity contribution in [3.8, 4) is 11.5 Å². The Morgan fingerprint density at radius 3 is 2.33 bits per heavy atom. The second-order valence-corrected chi connectivity index (χ2v) is 4.78. The van der Waals surface area contributed by atoms with Crippen molar-refractivity contribution in [2.75, 3.05) is 26.9 Å². The Labute approximate surface area is 140 Å². The Morgan fingerprint density at radius 2 is 1.71 bits per heavy atom. The molecule has 24 heavy (non-hydrogen) atoms. The summed E-state index contributed by atoms with van der Waals surface area (Å²) >= 11 is 0. The number of unbranched alkanes of at least 4 members (excludes halogenated alkanes) is 1. The number of ether oxygens (including phenoxy) is 3. The highest BCUT2D eigenvalue weighted by Crippen LogP contribution is 2.16. The lowest BCUT2D eigenvalue weighted by Crippen LogP contribution is -2.41. The molecule has 1 aromatic rings. The standard InChI is InChI=1S/C16H22N2O6/c1-3-4-9-17-16(21)18-14(19)10-24-15(20)11-23-13-7-5-12(22-2)6-8-13/h5-8H,3-4,9-11H2,1-2H3,(H2,17,18,19,21). The third kappa shape index (κ3) is 8.02. The fourth-order valence-electron chi connectivity index (χ4n) is 1.59. The van der Waals surface area contributed by atoms with E-state index in [0.717, 1.165) is 12.8 Å². The molecule has 2 N–H and O–H groups in total. The average molecular weight is 338 g/mol. The van der Waals surface area contributed by atoms with Gasteiger partial charge in [-0.2, -0.15) is 0 Å². The molecule has 0 aliphatic heterocycles. The number of rotatable bonds is 9. The molecule has 8 heteroatoms. The Kier molecular flexibility index (Phi) is 8.73. The first-order valence-corrected chi connectivity index (χ1v) is 7.55. The first-order valence-electron chi connectivity index (χ1n) is 7.55. The van der Waals surface area contributed by atoms with Gasteiger partial charge in [-0.15, -0.1) is 0 Å². The number of carbonyl (C=O) groups is 3. The van der Waals surface area contributed by atoms with Crippen molar-refractivity contribution < 1.29 is 28.6 Å². The molecule has 0 radical (unpaired) electrons. The van der Waals surface area contributed by atoms with Gasteiger partial charge in [0.05, 0.1) is 7.11 Å². The number of nitrogens with one attached hydrogen (secondary N) is 2. The Morgan fingerprint density at radius 1 is 1.04 bits per heavy atom. The van der Waals surface area contributed by atoms with Gasteiger partial charge in [0.1, 0.15) is 11.5 Å². The van der Waals surface area contributed by atoms with E-state index >= 15 is 0 Å². The minimum absolute atomic E-state index is 0.345. The van der Waals surface area contributed by atoms with Crippen LogP contribution in [0.15, 0.2) is 24.3 Å². The van der Waals surface area contributed by atoms with E-state index in [9.17, 15) is 14.4 Å². The molecule has 3 amide bonds. The summed E-state index contributed by atoms with van der Waals surface area (Å²) in [6.45, 7) is 1.57. The second-order valence-electron chi connectivity index (χ2n) is 4.78. The third-order valence-corrected chi connectivity index (χ3v) is 2.85. The van der Waals surface area contributed by atoms with Crippen molar-refractivity contribution >= 4 is 17.9 Å². The average Bonchev–Trinajstić information content (AvgIpc) is 2.58. The predicted molar refractivity (Wildman–Crippen MR) is 85.9 cm³/mol. The first-order chi connectivity index (χ1) is 11.5. The molecule has 0 aliphatic carbocycles. The maximum Gasteiger partial charge on any atom is 0.344 e. The van der Waals surface area contributed by atoms with Gasteiger partial charge in [-0.05, 0) is 30.7 Å². The summed E-state index contributed by atoms with van der Waals surface area (Å²) < 4.78 is 14.9. The molecule has 8 nitrogen and oxygen atoms in total. The van der Waals surface area contributed by atoms with Crippen LogP contribution in [0.2, 0.25) is 0 Å². The Bertz CT molecular complexity index is 544. The van der Waals surface area contributed by atoms with Gasteiger partial charge < -0.3 is 19.5 Å². The maximum absolute atomic E-state index is 11.5. The first kappa shape index (κ1) is 19.3. The van der Waals surface area contributed by atoms with Crippen LogP contribution in [0.5, 0.6) is 11.5 Å². The molecule has 0 spiro atoms. The van der Waals surface area contributed by atoms with E-state index in [1.54, 1.807) is 31.4 Å². The van der Waals surface area contributed by atoms with Crippen LogP contribution in [-0.2, 0) is 14.3 Å². The largest absolute Gasteiger partial charge is 0.497 e. The summed E-state index contributed by atoms with van der Waals surface area (Å²) in [4.78, 5) is 34.2. The third-order valence-electron chi connectivity index (χ3n) is 2.85. The van der Waals surface area contributed by atoms with Crippen LogP contribution in [0.25, 0.3) is 0 Å². The zero-order valence-corrected chi connectivity index (χ0v) is 13.8. The number of carbonyl (C=O) groups excluding carboxylic acids is 3. The highest BCUT2D eigenvalue weighted by atomic mass is 16.6. The van der Waals surface area contributed by atoms with E-state index in [1.807, 2.05) is 6.92 Å². The van der Waals surface area contributed by atoms with Gasteiger partial charge in [-0.3, -0.25) is 10.1 Å². The molecular weight excluding hydrogens is 316 g/mol. The minimum atomic E-state index is -0.715. The van der Waals surface area contributed by atoms with E-state index in [4.69, 9.17) is 14.2 Å². The van der Waals surface area contributed by atoms with Gasteiger partial charge in [-0.25, -0.2) is 9.59 Å². The summed E-state index contributed by atoms with van der Waals surface area (Å²) in [6, 6.07) is 6.04. The van der Waals surface area contributed by atoms with Crippen LogP contribution in [-0.4, -0.2) is 44.8 Å². The SMILES string of the molecule is CCCCNC(=O)NC(=O)COC(=O)COc1ccc(OC)cc1. The number of imide groups is 1. The molecule has 0 atom stereocenters. The smallest absolute Gasteiger partial charge is 0.344 e. The van der Waals surface area contributed by atoms with Gasteiger partial charge in [0, 0.05) is 6.54 Å².